The smallest absolute Gasteiger partial charge is 0.0261 e. The van der Waals surface area contributed by atoms with E-state index in [4.69, 9.17) is 11.6 Å². The van der Waals surface area contributed by atoms with E-state index in [1.807, 2.05) is 0 Å². The molecule has 1 rings (SSSR count). The monoisotopic (exact) mass is 203 g/mol. The van der Waals surface area contributed by atoms with Crippen LogP contribution in [0.1, 0.15) is 33.1 Å². The average molecular weight is 204 g/mol. The van der Waals surface area contributed by atoms with Crippen molar-refractivity contribution in [2.75, 3.05) is 25.5 Å². The van der Waals surface area contributed by atoms with Gasteiger partial charge in [0.2, 0.25) is 0 Å². The standard InChI is InChI=1S/C11H22ClN/c1-3-13(8-10(2)7-12)9-11-5-4-6-11/h10-11H,3-9H2,1-2H3. The van der Waals surface area contributed by atoms with Crippen LogP contribution in [0.4, 0.5) is 0 Å². The molecule has 0 N–H and O–H groups in total. The van der Waals surface area contributed by atoms with Crippen LogP contribution in [-0.4, -0.2) is 30.4 Å². The van der Waals surface area contributed by atoms with E-state index in [9.17, 15) is 0 Å². The molecule has 13 heavy (non-hydrogen) atoms. The maximum atomic E-state index is 5.81. The van der Waals surface area contributed by atoms with Gasteiger partial charge in [-0.3, -0.25) is 0 Å². The summed E-state index contributed by atoms with van der Waals surface area (Å²) in [5, 5.41) is 0. The minimum absolute atomic E-state index is 0.640. The van der Waals surface area contributed by atoms with E-state index in [0.29, 0.717) is 5.92 Å². The maximum absolute atomic E-state index is 5.81. The molecule has 1 atom stereocenters. The summed E-state index contributed by atoms with van der Waals surface area (Å²) in [6, 6.07) is 0. The summed E-state index contributed by atoms with van der Waals surface area (Å²) in [7, 11) is 0. The van der Waals surface area contributed by atoms with Gasteiger partial charge in [-0.2, -0.15) is 0 Å². The average Bonchev–Trinajstić information content (AvgIpc) is 2.08. The molecule has 1 fully saturated rings. The Morgan fingerprint density at radius 3 is 2.54 bits per heavy atom. The molecule has 1 aliphatic carbocycles. The molecule has 1 unspecified atom stereocenters. The Hall–Kier alpha value is 0.250. The van der Waals surface area contributed by atoms with E-state index in [1.54, 1.807) is 0 Å². The summed E-state index contributed by atoms with van der Waals surface area (Å²) in [6.07, 6.45) is 4.35. The molecular weight excluding hydrogens is 182 g/mol. The van der Waals surface area contributed by atoms with E-state index in [0.717, 1.165) is 11.8 Å². The van der Waals surface area contributed by atoms with Gasteiger partial charge in [0.1, 0.15) is 0 Å². The minimum Gasteiger partial charge on any atom is -0.303 e. The van der Waals surface area contributed by atoms with Crippen LogP contribution in [0.2, 0.25) is 0 Å². The van der Waals surface area contributed by atoms with Crippen LogP contribution in [0, 0.1) is 11.8 Å². The van der Waals surface area contributed by atoms with Crippen molar-refractivity contribution in [1.82, 2.24) is 4.90 Å². The van der Waals surface area contributed by atoms with Crippen molar-refractivity contribution in [3.63, 3.8) is 0 Å². The van der Waals surface area contributed by atoms with Gasteiger partial charge < -0.3 is 4.90 Å². The van der Waals surface area contributed by atoms with E-state index >= 15 is 0 Å². The van der Waals surface area contributed by atoms with Gasteiger partial charge in [-0.1, -0.05) is 20.3 Å². The lowest BCUT2D eigenvalue weighted by atomic mass is 9.85. The highest BCUT2D eigenvalue weighted by Gasteiger charge is 2.20. The first kappa shape index (κ1) is 11.3. The Balaban J connectivity index is 2.16. The van der Waals surface area contributed by atoms with Gasteiger partial charge in [0.05, 0.1) is 0 Å². The van der Waals surface area contributed by atoms with Gasteiger partial charge in [-0.15, -0.1) is 11.6 Å². The largest absolute Gasteiger partial charge is 0.303 e. The fourth-order valence-electron chi connectivity index (χ4n) is 1.86. The molecule has 0 heterocycles. The maximum Gasteiger partial charge on any atom is 0.0261 e. The SMILES string of the molecule is CCN(CC(C)CCl)CC1CCC1. The highest BCUT2D eigenvalue weighted by Crippen LogP contribution is 2.27. The number of hydrogen-bond donors (Lipinski definition) is 0. The Bertz CT molecular complexity index is 127. The fraction of sp³-hybridized carbons (Fsp3) is 1.00. The number of halogens is 1. The molecular formula is C11H22ClN. The van der Waals surface area contributed by atoms with Gasteiger partial charge in [-0.05, 0) is 31.2 Å². The van der Waals surface area contributed by atoms with Crippen LogP contribution in [0.15, 0.2) is 0 Å². The zero-order chi connectivity index (χ0) is 9.68. The van der Waals surface area contributed by atoms with Crippen molar-refractivity contribution in [3.8, 4) is 0 Å². The molecule has 0 aliphatic heterocycles. The van der Waals surface area contributed by atoms with Gasteiger partial charge >= 0.3 is 0 Å². The summed E-state index contributed by atoms with van der Waals surface area (Å²) in [4.78, 5) is 2.55. The second kappa shape index (κ2) is 5.87. The molecule has 0 saturated heterocycles. The molecule has 78 valence electrons. The summed E-state index contributed by atoms with van der Waals surface area (Å²) in [5.41, 5.74) is 0. The first-order valence-electron chi connectivity index (χ1n) is 5.54. The van der Waals surface area contributed by atoms with Gasteiger partial charge in [0.25, 0.3) is 0 Å². The lowest BCUT2D eigenvalue weighted by molar-refractivity contribution is 0.170. The van der Waals surface area contributed by atoms with Crippen LogP contribution in [0.5, 0.6) is 0 Å². The predicted octanol–water partition coefficient (Wildman–Crippen LogP) is 2.98. The number of rotatable bonds is 6. The second-order valence-corrected chi connectivity index (χ2v) is 4.72. The molecule has 1 saturated carbocycles. The summed E-state index contributed by atoms with van der Waals surface area (Å²) in [6.45, 7) is 8.14. The molecule has 2 heteroatoms. The number of hydrogen-bond acceptors (Lipinski definition) is 1. The lowest BCUT2D eigenvalue weighted by Crippen LogP contribution is -2.35. The summed E-state index contributed by atoms with van der Waals surface area (Å²) >= 11 is 5.81. The van der Waals surface area contributed by atoms with E-state index in [1.165, 1.54) is 38.9 Å². The van der Waals surface area contributed by atoms with Crippen LogP contribution in [0.3, 0.4) is 0 Å². The minimum atomic E-state index is 0.640. The van der Waals surface area contributed by atoms with Crippen molar-refractivity contribution in [2.45, 2.75) is 33.1 Å². The zero-order valence-electron chi connectivity index (χ0n) is 8.93. The van der Waals surface area contributed by atoms with E-state index in [2.05, 4.69) is 18.7 Å². The molecule has 0 aromatic rings. The van der Waals surface area contributed by atoms with Crippen LogP contribution >= 0.6 is 11.6 Å². The molecule has 0 aromatic carbocycles. The first-order chi connectivity index (χ1) is 6.26. The van der Waals surface area contributed by atoms with Crippen LogP contribution in [-0.2, 0) is 0 Å². The topological polar surface area (TPSA) is 3.24 Å². The van der Waals surface area contributed by atoms with Gasteiger partial charge in [-0.25, -0.2) is 0 Å². The third-order valence-corrected chi connectivity index (χ3v) is 3.55. The normalized spacial score (nSPS) is 20.3. The van der Waals surface area contributed by atoms with Gasteiger partial charge in [0, 0.05) is 19.0 Å². The third kappa shape index (κ3) is 3.86. The Labute approximate surface area is 87.4 Å². The summed E-state index contributed by atoms with van der Waals surface area (Å²) in [5.74, 6) is 2.42. The number of alkyl halides is 1. The molecule has 0 amide bonds. The fourth-order valence-corrected chi connectivity index (χ4v) is 1.96. The quantitative estimate of drug-likeness (QED) is 0.600. The zero-order valence-corrected chi connectivity index (χ0v) is 9.69. The van der Waals surface area contributed by atoms with Crippen molar-refractivity contribution in [3.05, 3.63) is 0 Å². The Morgan fingerprint density at radius 2 is 2.15 bits per heavy atom. The van der Waals surface area contributed by atoms with E-state index in [-0.39, 0.29) is 0 Å². The van der Waals surface area contributed by atoms with Crippen molar-refractivity contribution in [2.24, 2.45) is 11.8 Å². The van der Waals surface area contributed by atoms with Crippen LogP contribution < -0.4 is 0 Å². The molecule has 0 aromatic heterocycles. The van der Waals surface area contributed by atoms with Crippen molar-refractivity contribution in [1.29, 1.82) is 0 Å². The highest BCUT2D eigenvalue weighted by molar-refractivity contribution is 6.18. The Kier molecular flexibility index (Phi) is 5.12. The van der Waals surface area contributed by atoms with Crippen LogP contribution in [0.25, 0.3) is 0 Å². The highest BCUT2D eigenvalue weighted by atomic mass is 35.5. The third-order valence-electron chi connectivity index (χ3n) is 3.02. The molecule has 1 nitrogen and oxygen atoms in total. The lowest BCUT2D eigenvalue weighted by Gasteiger charge is -2.32. The van der Waals surface area contributed by atoms with Crippen molar-refractivity contribution >= 4 is 11.6 Å². The molecule has 0 radical (unpaired) electrons. The number of nitrogens with zero attached hydrogens (tertiary/aromatic N) is 1. The predicted molar refractivity (Wildman–Crippen MR) is 59.3 cm³/mol. The second-order valence-electron chi connectivity index (χ2n) is 4.41. The van der Waals surface area contributed by atoms with Crippen molar-refractivity contribution < 1.29 is 0 Å². The molecule has 0 spiro atoms. The molecule has 0 bridgehead atoms. The van der Waals surface area contributed by atoms with Gasteiger partial charge in [0.15, 0.2) is 0 Å². The Morgan fingerprint density at radius 1 is 1.46 bits per heavy atom. The molecule has 1 aliphatic rings. The first-order valence-corrected chi connectivity index (χ1v) is 6.08. The van der Waals surface area contributed by atoms with E-state index < -0.39 is 0 Å². The summed E-state index contributed by atoms with van der Waals surface area (Å²) < 4.78 is 0.